The fraction of sp³-hybridized carbons (Fsp3) is 0.500. The average Bonchev–Trinajstić information content (AvgIpc) is 3.02. The number of nitrogens with two attached hydrogens (primary N) is 1. The maximum Gasteiger partial charge on any atom is 0.416 e. The normalized spacial score (nSPS) is 17.9. The van der Waals surface area contributed by atoms with Crippen molar-refractivity contribution in [3.05, 3.63) is 23.8 Å². The molecule has 1 aliphatic carbocycles. The molecule has 2 nitrogen and oxygen atoms in total. The second kappa shape index (κ2) is 4.13. The van der Waals surface area contributed by atoms with Crippen LogP contribution in [0.5, 0.6) is 5.75 Å². The van der Waals surface area contributed by atoms with Crippen molar-refractivity contribution in [1.29, 1.82) is 0 Å². The summed E-state index contributed by atoms with van der Waals surface area (Å²) in [6.45, 7) is 1.91. The third-order valence-electron chi connectivity index (χ3n) is 2.94. The van der Waals surface area contributed by atoms with E-state index in [1.165, 1.54) is 6.07 Å². The fourth-order valence-corrected chi connectivity index (χ4v) is 1.69. The van der Waals surface area contributed by atoms with Crippen LogP contribution in [0.2, 0.25) is 0 Å². The molecule has 1 atom stereocenters. The molecule has 2 rings (SSSR count). The molecule has 94 valence electrons. The van der Waals surface area contributed by atoms with E-state index in [2.05, 4.69) is 0 Å². The number of rotatable bonds is 3. The number of halogens is 3. The van der Waals surface area contributed by atoms with Crippen molar-refractivity contribution in [2.45, 2.75) is 32.0 Å². The smallest absolute Gasteiger partial charge is 0.416 e. The van der Waals surface area contributed by atoms with Crippen molar-refractivity contribution in [3.63, 3.8) is 0 Å². The first-order chi connectivity index (χ1) is 7.88. The predicted octanol–water partition coefficient (Wildman–Crippen LogP) is 3.46. The number of alkyl halides is 3. The van der Waals surface area contributed by atoms with Gasteiger partial charge in [0, 0.05) is 0 Å². The van der Waals surface area contributed by atoms with Crippen molar-refractivity contribution >= 4 is 5.69 Å². The number of nitrogen functional groups attached to an aromatic ring is 1. The van der Waals surface area contributed by atoms with Crippen molar-refractivity contribution in [3.8, 4) is 5.75 Å². The summed E-state index contributed by atoms with van der Waals surface area (Å²) >= 11 is 0. The molecule has 1 aromatic rings. The molecule has 0 bridgehead atoms. The van der Waals surface area contributed by atoms with Crippen LogP contribution in [0.1, 0.15) is 25.3 Å². The second-order valence-corrected chi connectivity index (χ2v) is 4.41. The molecule has 0 saturated heterocycles. The lowest BCUT2D eigenvalue weighted by Crippen LogP contribution is -2.15. The summed E-state index contributed by atoms with van der Waals surface area (Å²) in [6.07, 6.45) is -2.13. The fourth-order valence-electron chi connectivity index (χ4n) is 1.69. The van der Waals surface area contributed by atoms with E-state index in [0.29, 0.717) is 11.7 Å². The van der Waals surface area contributed by atoms with Crippen LogP contribution in [-0.2, 0) is 6.18 Å². The van der Waals surface area contributed by atoms with E-state index in [4.69, 9.17) is 10.5 Å². The molecule has 1 saturated carbocycles. The Morgan fingerprint density at radius 2 is 2.00 bits per heavy atom. The Morgan fingerprint density at radius 1 is 1.35 bits per heavy atom. The molecule has 0 aromatic heterocycles. The van der Waals surface area contributed by atoms with Crippen molar-refractivity contribution < 1.29 is 17.9 Å². The van der Waals surface area contributed by atoms with Crippen LogP contribution < -0.4 is 10.5 Å². The molecule has 0 heterocycles. The summed E-state index contributed by atoms with van der Waals surface area (Å²) < 4.78 is 42.8. The number of anilines is 1. The van der Waals surface area contributed by atoms with Gasteiger partial charge in [0.15, 0.2) is 0 Å². The molecule has 0 unspecified atom stereocenters. The van der Waals surface area contributed by atoms with Gasteiger partial charge >= 0.3 is 6.18 Å². The first kappa shape index (κ1) is 12.1. The Kier molecular flexibility index (Phi) is 2.93. The number of benzene rings is 1. The maximum atomic E-state index is 12.4. The van der Waals surface area contributed by atoms with Gasteiger partial charge in [-0.1, -0.05) is 0 Å². The predicted molar refractivity (Wildman–Crippen MR) is 58.7 cm³/mol. The molecule has 0 radical (unpaired) electrons. The van der Waals surface area contributed by atoms with Gasteiger partial charge in [-0.15, -0.1) is 0 Å². The Bertz CT molecular complexity index is 413. The monoisotopic (exact) mass is 245 g/mol. The molecule has 0 aliphatic heterocycles. The van der Waals surface area contributed by atoms with E-state index in [9.17, 15) is 13.2 Å². The van der Waals surface area contributed by atoms with Crippen LogP contribution in [0.4, 0.5) is 18.9 Å². The summed E-state index contributed by atoms with van der Waals surface area (Å²) in [6, 6.07) is 3.19. The lowest BCUT2D eigenvalue weighted by atomic mass is 10.2. The van der Waals surface area contributed by atoms with Crippen molar-refractivity contribution in [1.82, 2.24) is 0 Å². The number of hydrogen-bond donors (Lipinski definition) is 1. The van der Waals surface area contributed by atoms with Crippen LogP contribution in [0.25, 0.3) is 0 Å². The Balaban J connectivity index is 2.13. The minimum Gasteiger partial charge on any atom is -0.488 e. The molecule has 2 N–H and O–H groups in total. The highest BCUT2D eigenvalue weighted by atomic mass is 19.4. The van der Waals surface area contributed by atoms with E-state index in [1.54, 1.807) is 0 Å². The molecular formula is C12H14F3NO. The van der Waals surface area contributed by atoms with Crippen LogP contribution in [0.15, 0.2) is 18.2 Å². The number of ether oxygens (including phenoxy) is 1. The molecule has 17 heavy (non-hydrogen) atoms. The molecule has 0 amide bonds. The Hall–Kier alpha value is -1.39. The van der Waals surface area contributed by atoms with E-state index in [-0.39, 0.29) is 11.8 Å². The van der Waals surface area contributed by atoms with Gasteiger partial charge in [-0.2, -0.15) is 13.2 Å². The van der Waals surface area contributed by atoms with Crippen LogP contribution in [0.3, 0.4) is 0 Å². The number of hydrogen-bond acceptors (Lipinski definition) is 2. The van der Waals surface area contributed by atoms with Gasteiger partial charge in [-0.25, -0.2) is 0 Å². The molecule has 1 aromatic carbocycles. The topological polar surface area (TPSA) is 35.2 Å². The highest BCUT2D eigenvalue weighted by Gasteiger charge is 2.32. The summed E-state index contributed by atoms with van der Waals surface area (Å²) in [5.74, 6) is 0.842. The zero-order chi connectivity index (χ0) is 12.6. The van der Waals surface area contributed by atoms with E-state index < -0.39 is 11.7 Å². The summed E-state index contributed by atoms with van der Waals surface area (Å²) in [5, 5.41) is 0. The van der Waals surface area contributed by atoms with Gasteiger partial charge in [0.05, 0.1) is 17.4 Å². The summed E-state index contributed by atoms with van der Waals surface area (Å²) in [4.78, 5) is 0. The van der Waals surface area contributed by atoms with Gasteiger partial charge in [-0.3, -0.25) is 0 Å². The minimum absolute atomic E-state index is 0.00837. The van der Waals surface area contributed by atoms with Crippen LogP contribution >= 0.6 is 0 Å². The first-order valence-corrected chi connectivity index (χ1v) is 5.51. The summed E-state index contributed by atoms with van der Waals surface area (Å²) in [7, 11) is 0. The zero-order valence-electron chi connectivity index (χ0n) is 9.42. The van der Waals surface area contributed by atoms with Crippen LogP contribution in [0, 0.1) is 5.92 Å². The average molecular weight is 245 g/mol. The molecule has 1 fully saturated rings. The molecule has 0 spiro atoms. The lowest BCUT2D eigenvalue weighted by Gasteiger charge is -2.16. The zero-order valence-corrected chi connectivity index (χ0v) is 9.42. The second-order valence-electron chi connectivity index (χ2n) is 4.41. The molecule has 1 aliphatic rings. The van der Waals surface area contributed by atoms with E-state index in [1.807, 2.05) is 6.92 Å². The molecule has 5 heteroatoms. The first-order valence-electron chi connectivity index (χ1n) is 5.51. The lowest BCUT2D eigenvalue weighted by molar-refractivity contribution is -0.137. The highest BCUT2D eigenvalue weighted by molar-refractivity contribution is 5.54. The largest absolute Gasteiger partial charge is 0.488 e. The van der Waals surface area contributed by atoms with Gasteiger partial charge in [0.1, 0.15) is 5.75 Å². The van der Waals surface area contributed by atoms with Crippen molar-refractivity contribution in [2.75, 3.05) is 5.73 Å². The van der Waals surface area contributed by atoms with Crippen molar-refractivity contribution in [2.24, 2.45) is 5.92 Å². The van der Waals surface area contributed by atoms with E-state index >= 15 is 0 Å². The minimum atomic E-state index is -4.37. The SMILES string of the molecule is C[C@@H](Oc1ccc(C(F)(F)F)cc1N)C1CC1. The van der Waals surface area contributed by atoms with Crippen LogP contribution in [-0.4, -0.2) is 6.10 Å². The standard InChI is InChI=1S/C12H14F3NO/c1-7(8-2-3-8)17-11-5-4-9(6-10(11)16)12(13,14)15/h4-8H,2-3,16H2,1H3/t7-/m1/s1. The quantitative estimate of drug-likeness (QED) is 0.827. The van der Waals surface area contributed by atoms with Gasteiger partial charge < -0.3 is 10.5 Å². The third-order valence-corrected chi connectivity index (χ3v) is 2.94. The summed E-state index contributed by atoms with van der Waals surface area (Å²) in [5.41, 5.74) is 4.85. The molecular weight excluding hydrogens is 231 g/mol. The van der Waals surface area contributed by atoms with Gasteiger partial charge in [0.2, 0.25) is 0 Å². The Morgan fingerprint density at radius 3 is 2.47 bits per heavy atom. The third kappa shape index (κ3) is 2.84. The van der Waals surface area contributed by atoms with E-state index in [0.717, 1.165) is 25.0 Å². The Labute approximate surface area is 97.6 Å². The van der Waals surface area contributed by atoms with Gasteiger partial charge in [-0.05, 0) is 43.9 Å². The highest BCUT2D eigenvalue weighted by Crippen LogP contribution is 2.37. The maximum absolute atomic E-state index is 12.4. The van der Waals surface area contributed by atoms with Gasteiger partial charge in [0.25, 0.3) is 0 Å².